The first-order valence-corrected chi connectivity index (χ1v) is 7.50. The molecular weight excluding hydrogens is 426 g/mol. The molecule has 0 fully saturated rings. The highest BCUT2D eigenvalue weighted by Crippen LogP contribution is 2.16. The van der Waals surface area contributed by atoms with Crippen molar-refractivity contribution in [3.05, 3.63) is 30.1 Å². The summed E-state index contributed by atoms with van der Waals surface area (Å²) < 4.78 is 19.0. The second-order valence-electron chi connectivity index (χ2n) is 5.28. The molecule has 0 saturated heterocycles. The highest BCUT2D eigenvalue weighted by molar-refractivity contribution is 14.0. The summed E-state index contributed by atoms with van der Waals surface area (Å²) in [7, 11) is 5.08. The fraction of sp³-hybridized carbons (Fsp3) is 0.500. The Hall–Kier alpha value is -1.58. The van der Waals surface area contributed by atoms with Gasteiger partial charge in [0.05, 0.1) is 6.54 Å². The summed E-state index contributed by atoms with van der Waals surface area (Å²) in [6, 6.07) is 6.29. The Morgan fingerprint density at radius 3 is 2.58 bits per heavy atom. The number of hydrogen-bond acceptors (Lipinski definition) is 3. The van der Waals surface area contributed by atoms with Crippen molar-refractivity contribution >= 4 is 35.8 Å². The molecule has 1 aromatic rings. The Bertz CT molecular complexity index is 541. The molecule has 2 N–H and O–H groups in total. The average Bonchev–Trinajstić information content (AvgIpc) is 2.52. The molecule has 0 radical (unpaired) electrons. The van der Waals surface area contributed by atoms with Crippen LogP contribution in [0.1, 0.15) is 13.3 Å². The summed E-state index contributed by atoms with van der Waals surface area (Å²) in [5, 5.41) is 6.13. The van der Waals surface area contributed by atoms with Crippen LogP contribution in [0.15, 0.2) is 29.3 Å². The van der Waals surface area contributed by atoms with Crippen molar-refractivity contribution in [2.24, 2.45) is 4.99 Å². The maximum Gasteiger partial charge on any atom is 0.223 e. The van der Waals surface area contributed by atoms with E-state index in [9.17, 15) is 9.18 Å². The first-order chi connectivity index (χ1) is 10.9. The van der Waals surface area contributed by atoms with Gasteiger partial charge in [0.25, 0.3) is 0 Å². The fourth-order valence-corrected chi connectivity index (χ4v) is 1.77. The van der Waals surface area contributed by atoms with E-state index in [-0.39, 0.29) is 47.6 Å². The van der Waals surface area contributed by atoms with Crippen molar-refractivity contribution in [1.82, 2.24) is 15.5 Å². The van der Waals surface area contributed by atoms with E-state index in [1.54, 1.807) is 44.2 Å². The molecule has 1 unspecified atom stereocenters. The number of halogens is 2. The predicted molar refractivity (Wildman–Crippen MR) is 105 cm³/mol. The number of carbonyl (C=O) groups is 1. The minimum atomic E-state index is -0.385. The highest BCUT2D eigenvalue weighted by atomic mass is 127. The van der Waals surface area contributed by atoms with Crippen LogP contribution >= 0.6 is 24.0 Å². The topological polar surface area (TPSA) is 66.0 Å². The first-order valence-electron chi connectivity index (χ1n) is 7.50. The lowest BCUT2D eigenvalue weighted by Gasteiger charge is -2.18. The number of ether oxygens (including phenoxy) is 1. The van der Waals surface area contributed by atoms with Crippen molar-refractivity contribution in [2.75, 3.05) is 34.2 Å². The quantitative estimate of drug-likeness (QED) is 0.377. The van der Waals surface area contributed by atoms with Crippen molar-refractivity contribution in [2.45, 2.75) is 19.4 Å². The van der Waals surface area contributed by atoms with Crippen LogP contribution in [0.3, 0.4) is 0 Å². The summed E-state index contributed by atoms with van der Waals surface area (Å²) in [5.41, 5.74) is 0. The molecule has 0 spiro atoms. The molecule has 0 heterocycles. The molecule has 8 heteroatoms. The predicted octanol–water partition coefficient (Wildman–Crippen LogP) is 1.85. The number of rotatable bonds is 7. The number of aliphatic imine (C=N–C) groups is 1. The molecule has 6 nitrogen and oxygen atoms in total. The highest BCUT2D eigenvalue weighted by Gasteiger charge is 2.09. The Kier molecular flexibility index (Phi) is 11.1. The minimum Gasteiger partial charge on any atom is -0.486 e. The Morgan fingerprint density at radius 1 is 1.33 bits per heavy atom. The molecule has 1 atom stereocenters. The van der Waals surface area contributed by atoms with Gasteiger partial charge in [-0.05, 0) is 19.1 Å². The molecule has 1 rings (SSSR count). The van der Waals surface area contributed by atoms with Crippen LogP contribution in [0, 0.1) is 5.82 Å². The summed E-state index contributed by atoms with van der Waals surface area (Å²) in [4.78, 5) is 17.1. The number of guanidine groups is 1. The number of para-hydroxylation sites is 1. The molecule has 136 valence electrons. The largest absolute Gasteiger partial charge is 0.486 e. The third kappa shape index (κ3) is 8.32. The van der Waals surface area contributed by atoms with Crippen molar-refractivity contribution in [3.63, 3.8) is 0 Å². The summed E-state index contributed by atoms with van der Waals surface area (Å²) in [5.74, 6) is 0.454. The summed E-state index contributed by atoms with van der Waals surface area (Å²) >= 11 is 0. The van der Waals surface area contributed by atoms with Gasteiger partial charge in [-0.2, -0.15) is 0 Å². The van der Waals surface area contributed by atoms with E-state index in [4.69, 9.17) is 4.74 Å². The van der Waals surface area contributed by atoms with E-state index >= 15 is 0 Å². The van der Waals surface area contributed by atoms with Gasteiger partial charge < -0.3 is 20.3 Å². The Morgan fingerprint density at radius 2 is 2.00 bits per heavy atom. The molecule has 24 heavy (non-hydrogen) atoms. The molecule has 0 saturated carbocycles. The zero-order valence-corrected chi connectivity index (χ0v) is 16.8. The van der Waals surface area contributed by atoms with Gasteiger partial charge in [-0.3, -0.25) is 9.79 Å². The lowest BCUT2D eigenvalue weighted by atomic mass is 10.3. The van der Waals surface area contributed by atoms with E-state index in [1.807, 2.05) is 6.92 Å². The van der Waals surface area contributed by atoms with Gasteiger partial charge in [0, 0.05) is 34.1 Å². The zero-order valence-electron chi connectivity index (χ0n) is 14.5. The minimum absolute atomic E-state index is 0. The number of nitrogens with one attached hydrogen (secondary N) is 2. The molecule has 0 aromatic heterocycles. The maximum absolute atomic E-state index is 13.5. The van der Waals surface area contributed by atoms with Gasteiger partial charge >= 0.3 is 0 Å². The van der Waals surface area contributed by atoms with E-state index in [2.05, 4.69) is 15.6 Å². The second-order valence-corrected chi connectivity index (χ2v) is 5.28. The van der Waals surface area contributed by atoms with Crippen LogP contribution < -0.4 is 15.4 Å². The number of hydrogen-bond donors (Lipinski definition) is 2. The first kappa shape index (κ1) is 22.4. The fourth-order valence-electron chi connectivity index (χ4n) is 1.77. The third-order valence-corrected chi connectivity index (χ3v) is 3.08. The van der Waals surface area contributed by atoms with Gasteiger partial charge in [0.1, 0.15) is 6.10 Å². The Labute approximate surface area is 159 Å². The number of carbonyl (C=O) groups excluding carboxylic acids is 1. The number of nitrogens with zero attached hydrogens (tertiary/aromatic N) is 2. The summed E-state index contributed by atoms with van der Waals surface area (Å²) in [6.45, 7) is 2.77. The SMILES string of the molecule is CN=C(NCCC(=O)N(C)C)NCC(C)Oc1ccccc1F.I. The normalized spacial score (nSPS) is 12.0. The number of amides is 1. The van der Waals surface area contributed by atoms with Gasteiger partial charge in [0.15, 0.2) is 17.5 Å². The lowest BCUT2D eigenvalue weighted by Crippen LogP contribution is -2.42. The van der Waals surface area contributed by atoms with Crippen LogP contribution in [0.2, 0.25) is 0 Å². The standard InChI is InChI=1S/C16H25FN4O2.HI/c1-12(23-14-8-6-5-7-13(14)17)11-20-16(18-2)19-10-9-15(22)21(3)4;/h5-8,12H,9-11H2,1-4H3,(H2,18,19,20);1H. The lowest BCUT2D eigenvalue weighted by molar-refractivity contribution is -0.128. The molecular formula is C16H26FIN4O2. The van der Waals surface area contributed by atoms with Gasteiger partial charge in [-0.1, -0.05) is 12.1 Å². The smallest absolute Gasteiger partial charge is 0.223 e. The summed E-state index contributed by atoms with van der Waals surface area (Å²) in [6.07, 6.45) is 0.142. The van der Waals surface area contributed by atoms with Gasteiger partial charge in [-0.15, -0.1) is 24.0 Å². The van der Waals surface area contributed by atoms with Crippen LogP contribution in [-0.4, -0.2) is 57.1 Å². The third-order valence-electron chi connectivity index (χ3n) is 3.08. The van der Waals surface area contributed by atoms with E-state index in [0.717, 1.165) is 0 Å². The van der Waals surface area contributed by atoms with E-state index in [0.29, 0.717) is 25.5 Å². The molecule has 0 aliphatic rings. The molecule has 0 aliphatic heterocycles. The van der Waals surface area contributed by atoms with E-state index in [1.165, 1.54) is 6.07 Å². The molecule has 1 aromatic carbocycles. The monoisotopic (exact) mass is 452 g/mol. The maximum atomic E-state index is 13.5. The van der Waals surface area contributed by atoms with Crippen LogP contribution in [-0.2, 0) is 4.79 Å². The van der Waals surface area contributed by atoms with Crippen LogP contribution in [0.4, 0.5) is 4.39 Å². The van der Waals surface area contributed by atoms with Gasteiger partial charge in [-0.25, -0.2) is 4.39 Å². The molecule has 0 bridgehead atoms. The van der Waals surface area contributed by atoms with E-state index < -0.39 is 0 Å². The van der Waals surface area contributed by atoms with Crippen molar-refractivity contribution < 1.29 is 13.9 Å². The molecule has 1 amide bonds. The number of benzene rings is 1. The average molecular weight is 452 g/mol. The molecule has 0 aliphatic carbocycles. The van der Waals surface area contributed by atoms with Crippen LogP contribution in [0.25, 0.3) is 0 Å². The van der Waals surface area contributed by atoms with Gasteiger partial charge in [0.2, 0.25) is 5.91 Å². The Balaban J connectivity index is 0.00000529. The zero-order chi connectivity index (χ0) is 17.2. The van der Waals surface area contributed by atoms with Crippen molar-refractivity contribution in [1.29, 1.82) is 0 Å². The van der Waals surface area contributed by atoms with Crippen molar-refractivity contribution in [3.8, 4) is 5.75 Å². The van der Waals surface area contributed by atoms with Crippen LogP contribution in [0.5, 0.6) is 5.75 Å². The second kappa shape index (κ2) is 11.9.